The first-order valence-electron chi connectivity index (χ1n) is 9.43. The summed E-state index contributed by atoms with van der Waals surface area (Å²) in [5.41, 5.74) is 1.50. The first-order valence-corrected chi connectivity index (χ1v) is 9.80. The van der Waals surface area contributed by atoms with Crippen molar-refractivity contribution in [1.29, 1.82) is 0 Å². The van der Waals surface area contributed by atoms with Crippen molar-refractivity contribution in [3.8, 4) is 5.75 Å². The van der Waals surface area contributed by atoms with E-state index in [0.29, 0.717) is 22.7 Å². The second kappa shape index (κ2) is 9.27. The minimum atomic E-state index is -1.05. The average molecular weight is 444 g/mol. The number of carbonyl (C=O) groups is 1. The molecule has 0 aliphatic rings. The van der Waals surface area contributed by atoms with Crippen molar-refractivity contribution < 1.29 is 19.0 Å². The molecule has 0 saturated heterocycles. The number of nitrogens with one attached hydrogen (secondary N) is 2. The molecule has 0 aliphatic heterocycles. The number of amides is 1. The molecule has 31 heavy (non-hydrogen) atoms. The topological polar surface area (TPSA) is 109 Å². The molecule has 0 radical (unpaired) electrons. The molecule has 10 heteroatoms. The van der Waals surface area contributed by atoms with Crippen LogP contribution in [0.25, 0.3) is 10.9 Å². The van der Waals surface area contributed by atoms with Gasteiger partial charge in [-0.1, -0.05) is 0 Å². The van der Waals surface area contributed by atoms with Gasteiger partial charge in [0.05, 0.1) is 22.5 Å². The van der Waals surface area contributed by atoms with E-state index in [0.717, 1.165) is 10.9 Å². The molecule has 0 spiro atoms. The average Bonchev–Trinajstić information content (AvgIpc) is 2.71. The van der Waals surface area contributed by atoms with E-state index in [9.17, 15) is 14.3 Å². The first kappa shape index (κ1) is 22.4. The number of carbonyl (C=O) groups excluding carboxylic acids is 1. The number of benzene rings is 2. The number of aromatic nitrogens is 2. The van der Waals surface area contributed by atoms with E-state index in [1.165, 1.54) is 24.5 Å². The van der Waals surface area contributed by atoms with Gasteiger partial charge in [-0.15, -0.1) is 0 Å². The van der Waals surface area contributed by atoms with Gasteiger partial charge < -0.3 is 20.5 Å². The molecule has 0 atom stereocenters. The van der Waals surface area contributed by atoms with Crippen LogP contribution in [0.5, 0.6) is 5.75 Å². The molecule has 1 heterocycles. The predicted molar refractivity (Wildman–Crippen MR) is 118 cm³/mol. The van der Waals surface area contributed by atoms with Crippen molar-refractivity contribution in [2.45, 2.75) is 26.4 Å². The van der Waals surface area contributed by atoms with Crippen LogP contribution in [0, 0.1) is 12.7 Å². The SMILES string of the molecule is Cc1cc(N=S)cc2ncnc(Nc3ccc(F)cc3OCC(=O)NCC(C)(C)O)c12. The number of aliphatic hydroxyl groups is 1. The summed E-state index contributed by atoms with van der Waals surface area (Å²) in [6, 6.07) is 7.51. The van der Waals surface area contributed by atoms with Crippen molar-refractivity contribution in [2.24, 2.45) is 4.36 Å². The van der Waals surface area contributed by atoms with Crippen molar-refractivity contribution in [3.05, 3.63) is 48.0 Å². The third-order valence-corrected chi connectivity index (χ3v) is 4.51. The normalized spacial score (nSPS) is 11.3. The van der Waals surface area contributed by atoms with Crippen molar-refractivity contribution in [2.75, 3.05) is 18.5 Å². The highest BCUT2D eigenvalue weighted by atomic mass is 32.1. The molecule has 0 unspecified atom stereocenters. The molecule has 8 nitrogen and oxygen atoms in total. The molecule has 3 N–H and O–H groups in total. The summed E-state index contributed by atoms with van der Waals surface area (Å²) < 4.78 is 23.1. The Morgan fingerprint density at radius 3 is 2.77 bits per heavy atom. The second-order valence-electron chi connectivity index (χ2n) is 7.61. The van der Waals surface area contributed by atoms with E-state index in [-0.39, 0.29) is 18.9 Å². The van der Waals surface area contributed by atoms with Crippen LogP contribution in [0.1, 0.15) is 19.4 Å². The van der Waals surface area contributed by atoms with Gasteiger partial charge >= 0.3 is 0 Å². The monoisotopic (exact) mass is 443 g/mol. The van der Waals surface area contributed by atoms with Gasteiger partial charge in [-0.25, -0.2) is 14.4 Å². The van der Waals surface area contributed by atoms with E-state index < -0.39 is 17.3 Å². The zero-order chi connectivity index (χ0) is 22.6. The lowest BCUT2D eigenvalue weighted by Crippen LogP contribution is -2.40. The van der Waals surface area contributed by atoms with Gasteiger partial charge in [0.25, 0.3) is 5.91 Å². The maximum atomic E-state index is 13.8. The van der Waals surface area contributed by atoms with E-state index in [2.05, 4.69) is 25.0 Å². The van der Waals surface area contributed by atoms with Crippen LogP contribution >= 0.6 is 0 Å². The van der Waals surface area contributed by atoms with Gasteiger partial charge in [0.1, 0.15) is 23.7 Å². The Balaban J connectivity index is 1.85. The summed E-state index contributed by atoms with van der Waals surface area (Å²) in [4.78, 5) is 20.6. The predicted octanol–water partition coefficient (Wildman–Crippen LogP) is 3.45. The Kier molecular flexibility index (Phi) is 6.71. The van der Waals surface area contributed by atoms with Crippen LogP contribution in [-0.2, 0) is 17.2 Å². The summed E-state index contributed by atoms with van der Waals surface area (Å²) in [5, 5.41) is 16.1. The van der Waals surface area contributed by atoms with Gasteiger partial charge in [0.2, 0.25) is 0 Å². The third-order valence-electron chi connectivity index (χ3n) is 4.30. The Labute approximate surface area is 184 Å². The third kappa shape index (κ3) is 5.89. The van der Waals surface area contributed by atoms with Crippen LogP contribution < -0.4 is 15.4 Å². The van der Waals surface area contributed by atoms with Crippen molar-refractivity contribution in [3.63, 3.8) is 0 Å². The molecule has 3 aromatic rings. The van der Waals surface area contributed by atoms with Gasteiger partial charge in [0, 0.05) is 30.4 Å². The number of halogens is 1. The van der Waals surface area contributed by atoms with Gasteiger partial charge in [0.15, 0.2) is 6.61 Å². The standard InChI is InChI=1S/C21H22FN5O3S/c1-12-6-14(27-31)8-16-19(12)20(25-11-24-16)26-15-5-4-13(22)7-17(15)30-9-18(28)23-10-21(2,3)29/h4-8,11,29H,9-10H2,1-3H3,(H,23,28)(H,24,25,26). The molecule has 162 valence electrons. The van der Waals surface area contributed by atoms with Gasteiger partial charge in [-0.2, -0.15) is 4.36 Å². The van der Waals surface area contributed by atoms with Crippen LogP contribution in [0.2, 0.25) is 0 Å². The molecular formula is C21H22FN5O3S. The largest absolute Gasteiger partial charge is 0.481 e. The Morgan fingerprint density at radius 1 is 1.29 bits per heavy atom. The zero-order valence-corrected chi connectivity index (χ0v) is 18.1. The van der Waals surface area contributed by atoms with Crippen molar-refractivity contribution >= 4 is 46.4 Å². The van der Waals surface area contributed by atoms with Crippen LogP contribution in [-0.4, -0.2) is 39.7 Å². The molecule has 0 aliphatic carbocycles. The van der Waals surface area contributed by atoms with Crippen LogP contribution in [0.4, 0.5) is 21.6 Å². The number of rotatable bonds is 8. The molecule has 3 rings (SSSR count). The van der Waals surface area contributed by atoms with Gasteiger partial charge in [-0.05, 0) is 50.6 Å². The van der Waals surface area contributed by atoms with E-state index in [1.54, 1.807) is 19.9 Å². The quantitative estimate of drug-likeness (QED) is 0.489. The summed E-state index contributed by atoms with van der Waals surface area (Å²) in [6.45, 7) is 4.75. The highest BCUT2D eigenvalue weighted by Crippen LogP contribution is 2.33. The van der Waals surface area contributed by atoms with E-state index in [1.807, 2.05) is 13.0 Å². The van der Waals surface area contributed by atoms with Crippen LogP contribution in [0.15, 0.2) is 41.0 Å². The molecular weight excluding hydrogens is 421 g/mol. The second-order valence-corrected chi connectivity index (χ2v) is 7.80. The fraction of sp³-hybridized carbons (Fsp3) is 0.286. The lowest BCUT2D eigenvalue weighted by atomic mass is 10.1. The first-order chi connectivity index (χ1) is 14.7. The van der Waals surface area contributed by atoms with E-state index in [4.69, 9.17) is 17.2 Å². The maximum absolute atomic E-state index is 13.8. The molecule has 0 saturated carbocycles. The van der Waals surface area contributed by atoms with Crippen LogP contribution in [0.3, 0.4) is 0 Å². The number of hydrogen-bond donors (Lipinski definition) is 3. The van der Waals surface area contributed by atoms with Crippen molar-refractivity contribution in [1.82, 2.24) is 15.3 Å². The number of ether oxygens (including phenoxy) is 1. The molecule has 1 aromatic heterocycles. The number of hydrogen-bond acceptors (Lipinski definition) is 8. The fourth-order valence-electron chi connectivity index (χ4n) is 2.88. The maximum Gasteiger partial charge on any atom is 0.258 e. The number of aryl methyl sites for hydroxylation is 1. The Morgan fingerprint density at radius 2 is 2.06 bits per heavy atom. The molecule has 2 aromatic carbocycles. The minimum absolute atomic E-state index is 0.0637. The molecule has 1 amide bonds. The summed E-state index contributed by atoms with van der Waals surface area (Å²) in [5.74, 6) is -0.333. The van der Waals surface area contributed by atoms with Gasteiger partial charge in [-0.3, -0.25) is 4.79 Å². The Hall–Kier alpha value is -3.24. The zero-order valence-electron chi connectivity index (χ0n) is 17.3. The lowest BCUT2D eigenvalue weighted by molar-refractivity contribution is -0.124. The minimum Gasteiger partial charge on any atom is -0.481 e. The number of nitrogens with zero attached hydrogens (tertiary/aromatic N) is 3. The highest BCUT2D eigenvalue weighted by molar-refractivity contribution is 7.47. The Bertz CT molecular complexity index is 1130. The molecule has 0 bridgehead atoms. The summed E-state index contributed by atoms with van der Waals surface area (Å²) >= 11 is 4.76. The number of anilines is 2. The summed E-state index contributed by atoms with van der Waals surface area (Å²) in [7, 11) is 0. The molecule has 0 fully saturated rings. The van der Waals surface area contributed by atoms with E-state index >= 15 is 0 Å². The highest BCUT2D eigenvalue weighted by Gasteiger charge is 2.16. The lowest BCUT2D eigenvalue weighted by Gasteiger charge is -2.18. The fourth-order valence-corrected chi connectivity index (χ4v) is 2.98. The smallest absolute Gasteiger partial charge is 0.258 e. The summed E-state index contributed by atoms with van der Waals surface area (Å²) in [6.07, 6.45) is 1.39. The number of fused-ring (bicyclic) bond motifs is 1.